The Hall–Kier alpha value is -1.22. The Balaban J connectivity index is 1.68. The van der Waals surface area contributed by atoms with Crippen LogP contribution in [-0.4, -0.2) is 38.3 Å². The van der Waals surface area contributed by atoms with Gasteiger partial charge in [0.15, 0.2) is 11.5 Å². The highest BCUT2D eigenvalue weighted by molar-refractivity contribution is 5.39. The molecule has 0 N–H and O–H groups in total. The van der Waals surface area contributed by atoms with E-state index in [9.17, 15) is 0 Å². The van der Waals surface area contributed by atoms with E-state index >= 15 is 0 Å². The maximum absolute atomic E-state index is 5.81. The minimum atomic E-state index is 0.747. The Morgan fingerprint density at radius 2 is 1.80 bits per heavy atom. The molecule has 3 nitrogen and oxygen atoms in total. The van der Waals surface area contributed by atoms with Crippen molar-refractivity contribution in [1.82, 2.24) is 4.90 Å². The molecule has 0 bridgehead atoms. The molecular weight excluding hydrogens is 250 g/mol. The molecule has 0 amide bonds. The second-order valence-electron chi connectivity index (χ2n) is 5.63. The summed E-state index contributed by atoms with van der Waals surface area (Å²) >= 11 is 0. The molecular formula is C17H27NO2. The monoisotopic (exact) mass is 277 g/mol. The minimum absolute atomic E-state index is 0.747. The Morgan fingerprint density at radius 3 is 2.50 bits per heavy atom. The van der Waals surface area contributed by atoms with Gasteiger partial charge in [-0.25, -0.2) is 0 Å². The molecule has 0 spiro atoms. The Bertz CT molecular complexity index is 388. The van der Waals surface area contributed by atoms with Crippen LogP contribution in [0, 0.1) is 0 Å². The Morgan fingerprint density at radius 1 is 1.10 bits per heavy atom. The SMILES string of the molecule is COc1ccccc1OCCCN(C)C1CCCCC1. The van der Waals surface area contributed by atoms with E-state index in [-0.39, 0.29) is 0 Å². The third-order valence-electron chi connectivity index (χ3n) is 4.18. The topological polar surface area (TPSA) is 21.7 Å². The van der Waals surface area contributed by atoms with Crippen molar-refractivity contribution in [2.75, 3.05) is 27.3 Å². The van der Waals surface area contributed by atoms with Gasteiger partial charge in [-0.3, -0.25) is 0 Å². The molecule has 1 aliphatic rings. The van der Waals surface area contributed by atoms with Crippen LogP contribution in [0.2, 0.25) is 0 Å². The zero-order valence-corrected chi connectivity index (χ0v) is 12.8. The van der Waals surface area contributed by atoms with Crippen molar-refractivity contribution in [3.8, 4) is 11.5 Å². The summed E-state index contributed by atoms with van der Waals surface area (Å²) in [7, 11) is 3.93. The van der Waals surface area contributed by atoms with Crippen LogP contribution in [0.15, 0.2) is 24.3 Å². The first kappa shape index (κ1) is 15.2. The normalized spacial score (nSPS) is 16.4. The van der Waals surface area contributed by atoms with Gasteiger partial charge in [-0.05, 0) is 38.4 Å². The van der Waals surface area contributed by atoms with Crippen molar-refractivity contribution < 1.29 is 9.47 Å². The van der Waals surface area contributed by atoms with E-state index in [1.165, 1.54) is 32.1 Å². The summed E-state index contributed by atoms with van der Waals surface area (Å²) < 4.78 is 11.1. The molecule has 1 aromatic rings. The van der Waals surface area contributed by atoms with Crippen LogP contribution in [0.4, 0.5) is 0 Å². The average Bonchev–Trinajstić information content (AvgIpc) is 2.52. The Labute approximate surface area is 122 Å². The van der Waals surface area contributed by atoms with Crippen molar-refractivity contribution in [3.63, 3.8) is 0 Å². The second-order valence-corrected chi connectivity index (χ2v) is 5.63. The predicted octanol–water partition coefficient (Wildman–Crippen LogP) is 3.73. The quantitative estimate of drug-likeness (QED) is 0.709. The fourth-order valence-electron chi connectivity index (χ4n) is 2.94. The van der Waals surface area contributed by atoms with Gasteiger partial charge in [-0.1, -0.05) is 31.4 Å². The molecule has 3 heteroatoms. The largest absolute Gasteiger partial charge is 0.493 e. The van der Waals surface area contributed by atoms with Crippen LogP contribution in [0.3, 0.4) is 0 Å². The fourth-order valence-corrected chi connectivity index (χ4v) is 2.94. The van der Waals surface area contributed by atoms with Gasteiger partial charge in [-0.15, -0.1) is 0 Å². The van der Waals surface area contributed by atoms with Gasteiger partial charge in [0.1, 0.15) is 0 Å². The molecule has 1 aromatic carbocycles. The zero-order valence-electron chi connectivity index (χ0n) is 12.8. The lowest BCUT2D eigenvalue weighted by Gasteiger charge is -2.31. The molecule has 0 atom stereocenters. The van der Waals surface area contributed by atoms with Crippen LogP contribution in [0.5, 0.6) is 11.5 Å². The lowest BCUT2D eigenvalue weighted by molar-refractivity contribution is 0.176. The maximum Gasteiger partial charge on any atom is 0.161 e. The second kappa shape index (κ2) is 8.15. The fraction of sp³-hybridized carbons (Fsp3) is 0.647. The average molecular weight is 277 g/mol. The van der Waals surface area contributed by atoms with Gasteiger partial charge < -0.3 is 14.4 Å². The number of methoxy groups -OCH3 is 1. The van der Waals surface area contributed by atoms with Gasteiger partial charge in [-0.2, -0.15) is 0 Å². The lowest BCUT2D eigenvalue weighted by Crippen LogP contribution is -2.34. The third-order valence-corrected chi connectivity index (χ3v) is 4.18. The Kier molecular flexibility index (Phi) is 6.19. The zero-order chi connectivity index (χ0) is 14.2. The molecule has 0 saturated heterocycles. The third kappa shape index (κ3) is 4.41. The number of ether oxygens (including phenoxy) is 2. The standard InChI is InChI=1S/C17H27NO2/c1-18(15-9-4-3-5-10-15)13-8-14-20-17-12-7-6-11-16(17)19-2/h6-7,11-12,15H,3-5,8-10,13-14H2,1-2H3. The number of rotatable bonds is 7. The van der Waals surface area contributed by atoms with E-state index in [1.54, 1.807) is 7.11 Å². The number of nitrogens with zero attached hydrogens (tertiary/aromatic N) is 1. The first-order valence-electron chi connectivity index (χ1n) is 7.77. The minimum Gasteiger partial charge on any atom is -0.493 e. The molecule has 0 aliphatic heterocycles. The highest BCUT2D eigenvalue weighted by Crippen LogP contribution is 2.26. The van der Waals surface area contributed by atoms with E-state index in [0.717, 1.165) is 37.1 Å². The molecule has 0 heterocycles. The molecule has 0 aromatic heterocycles. The van der Waals surface area contributed by atoms with E-state index in [2.05, 4.69) is 11.9 Å². The molecule has 1 fully saturated rings. The molecule has 2 rings (SSSR count). The first-order valence-corrected chi connectivity index (χ1v) is 7.77. The summed E-state index contributed by atoms with van der Waals surface area (Å²) in [6.45, 7) is 1.86. The highest BCUT2D eigenvalue weighted by Gasteiger charge is 2.17. The summed E-state index contributed by atoms with van der Waals surface area (Å²) in [5.74, 6) is 1.66. The summed E-state index contributed by atoms with van der Waals surface area (Å²) in [6, 6.07) is 8.62. The van der Waals surface area contributed by atoms with Gasteiger partial charge in [0, 0.05) is 12.6 Å². The molecule has 20 heavy (non-hydrogen) atoms. The highest BCUT2D eigenvalue weighted by atomic mass is 16.5. The lowest BCUT2D eigenvalue weighted by atomic mass is 9.94. The maximum atomic E-state index is 5.81. The summed E-state index contributed by atoms with van der Waals surface area (Å²) in [6.07, 6.45) is 8.00. The van der Waals surface area contributed by atoms with Crippen molar-refractivity contribution in [2.45, 2.75) is 44.6 Å². The van der Waals surface area contributed by atoms with Crippen molar-refractivity contribution in [3.05, 3.63) is 24.3 Å². The molecule has 112 valence electrons. The van der Waals surface area contributed by atoms with Crippen molar-refractivity contribution in [2.24, 2.45) is 0 Å². The van der Waals surface area contributed by atoms with Crippen molar-refractivity contribution in [1.29, 1.82) is 0 Å². The molecule has 0 unspecified atom stereocenters. The first-order chi connectivity index (χ1) is 9.81. The number of para-hydroxylation sites is 2. The van der Waals surface area contributed by atoms with Crippen LogP contribution < -0.4 is 9.47 Å². The molecule has 1 saturated carbocycles. The van der Waals surface area contributed by atoms with E-state index in [1.807, 2.05) is 24.3 Å². The molecule has 1 aliphatic carbocycles. The number of hydrogen-bond acceptors (Lipinski definition) is 3. The number of hydrogen-bond donors (Lipinski definition) is 0. The number of benzene rings is 1. The summed E-state index contributed by atoms with van der Waals surface area (Å²) in [4.78, 5) is 2.50. The smallest absolute Gasteiger partial charge is 0.161 e. The van der Waals surface area contributed by atoms with Gasteiger partial charge >= 0.3 is 0 Å². The van der Waals surface area contributed by atoms with Gasteiger partial charge in [0.2, 0.25) is 0 Å². The van der Waals surface area contributed by atoms with E-state index in [4.69, 9.17) is 9.47 Å². The van der Waals surface area contributed by atoms with Crippen LogP contribution >= 0.6 is 0 Å². The van der Waals surface area contributed by atoms with Crippen LogP contribution in [0.1, 0.15) is 38.5 Å². The van der Waals surface area contributed by atoms with E-state index in [0.29, 0.717) is 0 Å². The van der Waals surface area contributed by atoms with Crippen LogP contribution in [-0.2, 0) is 0 Å². The van der Waals surface area contributed by atoms with E-state index < -0.39 is 0 Å². The predicted molar refractivity (Wildman–Crippen MR) is 82.6 cm³/mol. The molecule has 0 radical (unpaired) electrons. The van der Waals surface area contributed by atoms with Gasteiger partial charge in [0.25, 0.3) is 0 Å². The van der Waals surface area contributed by atoms with Crippen LogP contribution in [0.25, 0.3) is 0 Å². The van der Waals surface area contributed by atoms with Crippen molar-refractivity contribution >= 4 is 0 Å². The summed E-state index contributed by atoms with van der Waals surface area (Å²) in [5.41, 5.74) is 0. The summed E-state index contributed by atoms with van der Waals surface area (Å²) in [5, 5.41) is 0. The van der Waals surface area contributed by atoms with Gasteiger partial charge in [0.05, 0.1) is 13.7 Å².